The van der Waals surface area contributed by atoms with Crippen LogP contribution in [0.15, 0.2) is 0 Å². The van der Waals surface area contributed by atoms with Crippen molar-refractivity contribution in [3.05, 3.63) is 0 Å². The summed E-state index contributed by atoms with van der Waals surface area (Å²) in [5.74, 6) is 0. The largest absolute Gasteiger partial charge is 0.446 e. The summed E-state index contributed by atoms with van der Waals surface area (Å²) in [6.07, 6.45) is 3.41. The predicted molar refractivity (Wildman–Crippen MR) is 59.6 cm³/mol. The van der Waals surface area contributed by atoms with Gasteiger partial charge in [-0.15, -0.1) is 0 Å². The van der Waals surface area contributed by atoms with Gasteiger partial charge in [0.25, 0.3) is 0 Å². The fraction of sp³-hybridized carbons (Fsp3) is 0.909. The van der Waals surface area contributed by atoms with Gasteiger partial charge in [-0.2, -0.15) is 0 Å². The van der Waals surface area contributed by atoms with E-state index in [0.29, 0.717) is 0 Å². The molecular formula is C11H22N2O2. The molecule has 15 heavy (non-hydrogen) atoms. The van der Waals surface area contributed by atoms with Crippen LogP contribution in [0, 0.1) is 0 Å². The van der Waals surface area contributed by atoms with E-state index in [4.69, 9.17) is 10.5 Å². The second-order valence-corrected chi connectivity index (χ2v) is 5.32. The van der Waals surface area contributed by atoms with Crippen LogP contribution in [-0.4, -0.2) is 23.8 Å². The lowest BCUT2D eigenvalue weighted by molar-refractivity contribution is 0.0670. The molecule has 88 valence electrons. The van der Waals surface area contributed by atoms with Crippen molar-refractivity contribution in [3.8, 4) is 0 Å². The number of rotatable bonds is 1. The van der Waals surface area contributed by atoms with Gasteiger partial charge in [-0.3, -0.25) is 0 Å². The Bertz CT molecular complexity index is 215. The van der Waals surface area contributed by atoms with Gasteiger partial charge in [0.05, 0.1) is 0 Å². The van der Waals surface area contributed by atoms with Crippen LogP contribution in [0.5, 0.6) is 0 Å². The monoisotopic (exact) mass is 214 g/mol. The summed E-state index contributed by atoms with van der Waals surface area (Å²) >= 11 is 0. The second-order valence-electron chi connectivity index (χ2n) is 5.32. The number of alkyl carbamates (subject to hydrolysis) is 1. The number of amides is 1. The van der Waals surface area contributed by atoms with Gasteiger partial charge in [-0.1, -0.05) is 0 Å². The first-order chi connectivity index (χ1) is 6.87. The maximum absolute atomic E-state index is 11.4. The Kier molecular flexibility index (Phi) is 3.97. The minimum atomic E-state index is -0.317. The Morgan fingerprint density at radius 1 is 1.27 bits per heavy atom. The van der Waals surface area contributed by atoms with E-state index in [1.807, 2.05) is 20.8 Å². The SMILES string of the molecule is CC(C)(C)NC(=O)O[C@H]1CC[C@@H](N)CC1. The van der Waals surface area contributed by atoms with Gasteiger partial charge in [0.15, 0.2) is 0 Å². The van der Waals surface area contributed by atoms with Gasteiger partial charge in [-0.25, -0.2) is 4.79 Å². The normalized spacial score (nSPS) is 27.2. The molecule has 0 aromatic rings. The molecule has 1 amide bonds. The molecular weight excluding hydrogens is 192 g/mol. The molecule has 0 saturated heterocycles. The average Bonchev–Trinajstić information content (AvgIpc) is 2.05. The van der Waals surface area contributed by atoms with E-state index in [1.165, 1.54) is 0 Å². The molecule has 0 unspecified atom stereocenters. The van der Waals surface area contributed by atoms with Crippen molar-refractivity contribution in [1.29, 1.82) is 0 Å². The average molecular weight is 214 g/mol. The molecule has 0 radical (unpaired) electrons. The number of hydrogen-bond acceptors (Lipinski definition) is 3. The lowest BCUT2D eigenvalue weighted by Gasteiger charge is -2.28. The van der Waals surface area contributed by atoms with Crippen molar-refractivity contribution in [2.45, 2.75) is 64.1 Å². The molecule has 0 aliphatic heterocycles. The molecule has 0 aromatic heterocycles. The van der Waals surface area contributed by atoms with Crippen molar-refractivity contribution in [2.75, 3.05) is 0 Å². The quantitative estimate of drug-likeness (QED) is 0.699. The number of carbonyl (C=O) groups is 1. The Morgan fingerprint density at radius 3 is 2.27 bits per heavy atom. The molecule has 1 rings (SSSR count). The topological polar surface area (TPSA) is 64.3 Å². The van der Waals surface area contributed by atoms with Crippen LogP contribution in [-0.2, 0) is 4.74 Å². The van der Waals surface area contributed by atoms with Gasteiger partial charge < -0.3 is 15.8 Å². The first-order valence-electron chi connectivity index (χ1n) is 5.61. The first kappa shape index (κ1) is 12.3. The van der Waals surface area contributed by atoms with E-state index in [0.717, 1.165) is 25.7 Å². The molecule has 1 aliphatic carbocycles. The fourth-order valence-corrected chi connectivity index (χ4v) is 1.69. The molecule has 1 aliphatic rings. The molecule has 0 heterocycles. The van der Waals surface area contributed by atoms with E-state index < -0.39 is 0 Å². The predicted octanol–water partition coefficient (Wildman–Crippen LogP) is 1.78. The minimum Gasteiger partial charge on any atom is -0.446 e. The minimum absolute atomic E-state index is 0.0483. The third kappa shape index (κ3) is 5.02. The highest BCUT2D eigenvalue weighted by Crippen LogP contribution is 2.20. The van der Waals surface area contributed by atoms with Gasteiger partial charge in [0, 0.05) is 11.6 Å². The van der Waals surface area contributed by atoms with Crippen LogP contribution in [0.2, 0.25) is 0 Å². The molecule has 3 N–H and O–H groups in total. The van der Waals surface area contributed by atoms with Crippen LogP contribution in [0.4, 0.5) is 4.79 Å². The zero-order valence-electron chi connectivity index (χ0n) is 9.88. The Hall–Kier alpha value is -0.770. The van der Waals surface area contributed by atoms with Crippen molar-refractivity contribution in [2.24, 2.45) is 5.73 Å². The maximum atomic E-state index is 11.4. The van der Waals surface area contributed by atoms with Crippen molar-refractivity contribution >= 4 is 6.09 Å². The van der Waals surface area contributed by atoms with Gasteiger partial charge in [0.1, 0.15) is 6.10 Å². The van der Waals surface area contributed by atoms with Crippen molar-refractivity contribution in [3.63, 3.8) is 0 Å². The summed E-state index contributed by atoms with van der Waals surface area (Å²) in [4.78, 5) is 11.4. The highest BCUT2D eigenvalue weighted by Gasteiger charge is 2.23. The molecule has 0 aromatic carbocycles. The van der Waals surface area contributed by atoms with Crippen molar-refractivity contribution < 1.29 is 9.53 Å². The van der Waals surface area contributed by atoms with Gasteiger partial charge >= 0.3 is 6.09 Å². The fourth-order valence-electron chi connectivity index (χ4n) is 1.69. The Balaban J connectivity index is 2.27. The lowest BCUT2D eigenvalue weighted by Crippen LogP contribution is -2.43. The second kappa shape index (κ2) is 4.84. The smallest absolute Gasteiger partial charge is 0.407 e. The van der Waals surface area contributed by atoms with Crippen LogP contribution in [0.3, 0.4) is 0 Å². The van der Waals surface area contributed by atoms with E-state index in [1.54, 1.807) is 0 Å². The number of hydrogen-bond donors (Lipinski definition) is 2. The highest BCUT2D eigenvalue weighted by atomic mass is 16.6. The number of carbonyl (C=O) groups excluding carboxylic acids is 1. The van der Waals surface area contributed by atoms with Crippen molar-refractivity contribution in [1.82, 2.24) is 5.32 Å². The zero-order valence-corrected chi connectivity index (χ0v) is 9.88. The molecule has 4 heteroatoms. The summed E-state index contributed by atoms with van der Waals surface area (Å²) in [5, 5.41) is 2.79. The summed E-state index contributed by atoms with van der Waals surface area (Å²) in [5.41, 5.74) is 5.54. The summed E-state index contributed by atoms with van der Waals surface area (Å²) in [6.45, 7) is 5.81. The Morgan fingerprint density at radius 2 is 1.80 bits per heavy atom. The van der Waals surface area contributed by atoms with E-state index in [-0.39, 0.29) is 23.8 Å². The lowest BCUT2D eigenvalue weighted by atomic mass is 9.94. The molecule has 4 nitrogen and oxygen atoms in total. The number of nitrogens with one attached hydrogen (secondary N) is 1. The standard InChI is InChI=1S/C11H22N2O2/c1-11(2,3)13-10(14)15-9-6-4-8(12)5-7-9/h8-9H,4-7,12H2,1-3H3,(H,13,14)/t8-,9+. The maximum Gasteiger partial charge on any atom is 0.407 e. The molecule has 0 spiro atoms. The number of ether oxygens (including phenoxy) is 1. The summed E-state index contributed by atoms with van der Waals surface area (Å²) < 4.78 is 5.31. The molecule has 0 bridgehead atoms. The molecule has 1 fully saturated rings. The van der Waals surface area contributed by atoms with E-state index >= 15 is 0 Å². The van der Waals surface area contributed by atoms with Gasteiger partial charge in [-0.05, 0) is 46.5 Å². The van der Waals surface area contributed by atoms with E-state index in [9.17, 15) is 4.79 Å². The third-order valence-electron chi connectivity index (χ3n) is 2.47. The number of nitrogens with two attached hydrogens (primary N) is 1. The first-order valence-corrected chi connectivity index (χ1v) is 5.61. The molecule has 1 saturated carbocycles. The highest BCUT2D eigenvalue weighted by molar-refractivity contribution is 5.68. The summed E-state index contributed by atoms with van der Waals surface area (Å²) in [6, 6.07) is 0.288. The van der Waals surface area contributed by atoms with Crippen LogP contribution in [0.25, 0.3) is 0 Å². The molecule has 0 atom stereocenters. The zero-order chi connectivity index (χ0) is 11.5. The van der Waals surface area contributed by atoms with Gasteiger partial charge in [0.2, 0.25) is 0 Å². The Labute approximate surface area is 91.5 Å². The van der Waals surface area contributed by atoms with Crippen LogP contribution in [0.1, 0.15) is 46.5 Å². The third-order valence-corrected chi connectivity index (χ3v) is 2.47. The van der Waals surface area contributed by atoms with Crippen LogP contribution < -0.4 is 11.1 Å². The van der Waals surface area contributed by atoms with Crippen LogP contribution >= 0.6 is 0 Å². The van der Waals surface area contributed by atoms with E-state index in [2.05, 4.69) is 5.32 Å². The summed E-state index contributed by atoms with van der Waals surface area (Å²) in [7, 11) is 0.